The van der Waals surface area contributed by atoms with Crippen molar-refractivity contribution in [2.75, 3.05) is 25.0 Å². The molecule has 1 amide bonds. The molecule has 0 aromatic heterocycles. The molecular formula is C20H18N4O4. The van der Waals surface area contributed by atoms with E-state index in [9.17, 15) is 19.5 Å². The minimum Gasteiger partial charge on any atom is -0.508 e. The molecule has 1 aromatic carbocycles. The first kappa shape index (κ1) is 16.9. The van der Waals surface area contributed by atoms with Crippen molar-refractivity contribution in [3.63, 3.8) is 0 Å². The Hall–Kier alpha value is -3.26. The van der Waals surface area contributed by atoms with E-state index in [0.29, 0.717) is 60.6 Å². The maximum Gasteiger partial charge on any atom is 0.249 e. The number of hydrogen-bond acceptors (Lipinski definition) is 7. The molecule has 1 unspecified atom stereocenters. The van der Waals surface area contributed by atoms with Crippen molar-refractivity contribution in [3.05, 3.63) is 46.2 Å². The Bertz CT molecular complexity index is 1080. The molecule has 0 bridgehead atoms. The minimum atomic E-state index is -1.17. The molecule has 0 fully saturated rings. The highest BCUT2D eigenvalue weighted by atomic mass is 16.3. The topological polar surface area (TPSA) is 134 Å². The van der Waals surface area contributed by atoms with E-state index in [-0.39, 0.29) is 17.4 Å². The summed E-state index contributed by atoms with van der Waals surface area (Å²) in [7, 11) is 0. The summed E-state index contributed by atoms with van der Waals surface area (Å²) in [5.74, 6) is -1.50. The van der Waals surface area contributed by atoms with E-state index in [1.165, 1.54) is 6.07 Å². The molecule has 8 heteroatoms. The van der Waals surface area contributed by atoms with Gasteiger partial charge in [0.15, 0.2) is 0 Å². The number of hydrogen-bond donors (Lipinski definition) is 4. The number of nitrogens with one attached hydrogen (secondary N) is 2. The van der Waals surface area contributed by atoms with Crippen molar-refractivity contribution in [2.45, 2.75) is 18.3 Å². The first-order valence-corrected chi connectivity index (χ1v) is 9.19. The van der Waals surface area contributed by atoms with Gasteiger partial charge in [0.05, 0.1) is 23.5 Å². The van der Waals surface area contributed by atoms with Gasteiger partial charge in [-0.2, -0.15) is 0 Å². The summed E-state index contributed by atoms with van der Waals surface area (Å²) >= 11 is 0. The molecular weight excluding hydrogens is 360 g/mol. The minimum absolute atomic E-state index is 0.0291. The highest BCUT2D eigenvalue weighted by Gasteiger charge is 2.57. The summed E-state index contributed by atoms with van der Waals surface area (Å²) in [6.07, 6.45) is 0.849. The van der Waals surface area contributed by atoms with Crippen LogP contribution in [0.4, 0.5) is 5.69 Å². The molecule has 0 saturated heterocycles. The molecule has 4 aliphatic rings. The number of phenols is 1. The average Bonchev–Trinajstić information content (AvgIpc) is 3.21. The SMILES string of the molecule is NCCC1=C2C(=O)C(=O)C3=C(C2=NC1)C1(CCN3)C(=O)Nc2ccc(O)cc21. The number of benzene rings is 1. The van der Waals surface area contributed by atoms with Gasteiger partial charge in [-0.25, -0.2) is 0 Å². The van der Waals surface area contributed by atoms with Crippen LogP contribution in [0.1, 0.15) is 18.4 Å². The smallest absolute Gasteiger partial charge is 0.249 e. The molecule has 0 saturated carbocycles. The lowest BCUT2D eigenvalue weighted by Crippen LogP contribution is -2.52. The van der Waals surface area contributed by atoms with Gasteiger partial charge in [-0.1, -0.05) is 0 Å². The molecule has 5 N–H and O–H groups in total. The van der Waals surface area contributed by atoms with Crippen LogP contribution in [0.15, 0.2) is 45.6 Å². The highest BCUT2D eigenvalue weighted by molar-refractivity contribution is 6.60. The van der Waals surface area contributed by atoms with Crippen molar-refractivity contribution in [2.24, 2.45) is 10.7 Å². The number of fused-ring (bicyclic) bond motifs is 5. The fraction of sp³-hybridized carbons (Fsp3) is 0.300. The Morgan fingerprint density at radius 3 is 2.82 bits per heavy atom. The van der Waals surface area contributed by atoms with Gasteiger partial charge in [0.2, 0.25) is 17.5 Å². The van der Waals surface area contributed by atoms with Gasteiger partial charge in [0.25, 0.3) is 0 Å². The number of ketones is 2. The molecule has 1 aliphatic carbocycles. The van der Waals surface area contributed by atoms with Gasteiger partial charge in [0, 0.05) is 17.8 Å². The van der Waals surface area contributed by atoms with Crippen LogP contribution in [-0.4, -0.2) is 47.9 Å². The summed E-state index contributed by atoms with van der Waals surface area (Å²) in [6.45, 7) is 0.986. The Morgan fingerprint density at radius 2 is 2.04 bits per heavy atom. The quantitative estimate of drug-likeness (QED) is 0.425. The van der Waals surface area contributed by atoms with Gasteiger partial charge in [-0.15, -0.1) is 0 Å². The second-order valence-electron chi connectivity index (χ2n) is 7.36. The molecule has 1 aromatic rings. The van der Waals surface area contributed by atoms with Crippen LogP contribution in [0.3, 0.4) is 0 Å². The lowest BCUT2D eigenvalue weighted by atomic mass is 9.64. The summed E-state index contributed by atoms with van der Waals surface area (Å²) < 4.78 is 0. The number of carbonyl (C=O) groups excluding carboxylic acids is 3. The predicted molar refractivity (Wildman–Crippen MR) is 101 cm³/mol. The molecule has 5 rings (SSSR count). The Kier molecular flexibility index (Phi) is 3.39. The average molecular weight is 378 g/mol. The number of phenolic OH excluding ortho intramolecular Hbond substituents is 1. The van der Waals surface area contributed by atoms with Gasteiger partial charge in [-0.05, 0) is 48.7 Å². The highest BCUT2D eigenvalue weighted by Crippen LogP contribution is 2.51. The molecule has 3 aliphatic heterocycles. The Labute approximate surface area is 160 Å². The van der Waals surface area contributed by atoms with Crippen LogP contribution >= 0.6 is 0 Å². The molecule has 1 atom stereocenters. The normalized spacial score (nSPS) is 25.5. The van der Waals surface area contributed by atoms with Crippen LogP contribution in [0, 0.1) is 0 Å². The number of aliphatic imine (C=N–C) groups is 1. The first-order chi connectivity index (χ1) is 13.5. The van der Waals surface area contributed by atoms with Crippen LogP contribution in [0.25, 0.3) is 0 Å². The summed E-state index contributed by atoms with van der Waals surface area (Å²) in [5, 5.41) is 15.9. The van der Waals surface area contributed by atoms with E-state index in [2.05, 4.69) is 15.6 Å². The van der Waals surface area contributed by atoms with Crippen molar-refractivity contribution < 1.29 is 19.5 Å². The number of nitrogens with zero attached hydrogens (tertiary/aromatic N) is 1. The second-order valence-corrected chi connectivity index (χ2v) is 7.36. The standard InChI is InChI=1S/C20H18N4O4/c21-5-3-9-8-23-15-13(9)17(26)18(27)16-14(15)20(4-6-22-16)11-7-10(25)1-2-12(11)24-19(20)28/h1-2,7,22,25H,3-6,8,21H2,(H,24,28). The van der Waals surface area contributed by atoms with Crippen LogP contribution in [-0.2, 0) is 19.8 Å². The van der Waals surface area contributed by atoms with E-state index >= 15 is 0 Å². The number of nitrogens with two attached hydrogens (primary N) is 1. The molecule has 0 radical (unpaired) electrons. The van der Waals surface area contributed by atoms with Crippen LogP contribution < -0.4 is 16.4 Å². The lowest BCUT2D eigenvalue weighted by molar-refractivity contribution is -0.132. The largest absolute Gasteiger partial charge is 0.508 e. The number of carbonyl (C=O) groups is 3. The molecule has 28 heavy (non-hydrogen) atoms. The van der Waals surface area contributed by atoms with Crippen molar-refractivity contribution in [1.82, 2.24) is 5.32 Å². The van der Waals surface area contributed by atoms with Gasteiger partial charge in [-0.3, -0.25) is 19.4 Å². The molecule has 142 valence electrons. The van der Waals surface area contributed by atoms with Gasteiger partial charge < -0.3 is 21.5 Å². The van der Waals surface area contributed by atoms with Crippen LogP contribution in [0.2, 0.25) is 0 Å². The fourth-order valence-electron chi connectivity index (χ4n) is 4.74. The lowest BCUT2D eigenvalue weighted by Gasteiger charge is -2.39. The van der Waals surface area contributed by atoms with Crippen molar-refractivity contribution >= 4 is 28.9 Å². The molecule has 8 nitrogen and oxygen atoms in total. The van der Waals surface area contributed by atoms with E-state index in [1.807, 2.05) is 0 Å². The predicted octanol–water partition coefficient (Wildman–Crippen LogP) is 0.0813. The number of aromatic hydroxyl groups is 1. The van der Waals surface area contributed by atoms with E-state index in [0.717, 1.165) is 5.57 Å². The second kappa shape index (κ2) is 5.62. The zero-order chi connectivity index (χ0) is 19.6. The number of amides is 1. The summed E-state index contributed by atoms with van der Waals surface area (Å²) in [6, 6.07) is 4.69. The molecule has 1 spiro atoms. The number of anilines is 1. The fourth-order valence-corrected chi connectivity index (χ4v) is 4.74. The maximum atomic E-state index is 13.2. The van der Waals surface area contributed by atoms with Gasteiger partial charge in [0.1, 0.15) is 11.2 Å². The first-order valence-electron chi connectivity index (χ1n) is 9.19. The van der Waals surface area contributed by atoms with E-state index < -0.39 is 17.0 Å². The zero-order valence-corrected chi connectivity index (χ0v) is 15.0. The third kappa shape index (κ3) is 1.92. The zero-order valence-electron chi connectivity index (χ0n) is 15.0. The molecule has 3 heterocycles. The van der Waals surface area contributed by atoms with Crippen molar-refractivity contribution in [1.29, 1.82) is 0 Å². The van der Waals surface area contributed by atoms with E-state index in [4.69, 9.17) is 5.73 Å². The number of rotatable bonds is 2. The Morgan fingerprint density at radius 1 is 1.21 bits per heavy atom. The third-order valence-electron chi connectivity index (χ3n) is 5.94. The monoisotopic (exact) mass is 378 g/mol. The number of Topliss-reactive ketones (excluding diaryl/α,β-unsaturated/α-hetero) is 2. The van der Waals surface area contributed by atoms with E-state index in [1.54, 1.807) is 12.1 Å². The van der Waals surface area contributed by atoms with Crippen LogP contribution in [0.5, 0.6) is 5.75 Å². The maximum absolute atomic E-state index is 13.2. The summed E-state index contributed by atoms with van der Waals surface area (Å²) in [5.41, 5.74) is 7.68. The third-order valence-corrected chi connectivity index (χ3v) is 5.94. The van der Waals surface area contributed by atoms with Gasteiger partial charge >= 0.3 is 0 Å². The Balaban J connectivity index is 1.81. The summed E-state index contributed by atoms with van der Waals surface area (Å²) in [4.78, 5) is 43.5. The van der Waals surface area contributed by atoms with Crippen molar-refractivity contribution in [3.8, 4) is 5.75 Å². The number of allylic oxidation sites excluding steroid dienone is 2.